The maximum Gasteiger partial charge on any atom is 0.315 e. The van der Waals surface area contributed by atoms with Gasteiger partial charge in [-0.1, -0.05) is 28.1 Å². The van der Waals surface area contributed by atoms with Gasteiger partial charge in [0.2, 0.25) is 0 Å². The molecule has 0 saturated carbocycles. The Morgan fingerprint density at radius 2 is 1.94 bits per heavy atom. The van der Waals surface area contributed by atoms with E-state index in [4.69, 9.17) is 0 Å². The van der Waals surface area contributed by atoms with Crippen LogP contribution in [0.3, 0.4) is 0 Å². The van der Waals surface area contributed by atoms with Gasteiger partial charge in [-0.3, -0.25) is 4.79 Å². The number of hydrogen-bond donors (Lipinski definition) is 1. The number of nitrogens with one attached hydrogen (secondary N) is 1. The average molecular weight is 292 g/mol. The predicted molar refractivity (Wildman–Crippen MR) is 61.5 cm³/mol. The van der Waals surface area contributed by atoms with Gasteiger partial charge in [0.15, 0.2) is 0 Å². The van der Waals surface area contributed by atoms with Crippen LogP contribution in [0.2, 0.25) is 0 Å². The van der Waals surface area contributed by atoms with Crippen molar-refractivity contribution < 1.29 is 13.6 Å². The van der Waals surface area contributed by atoms with Gasteiger partial charge >= 0.3 is 6.43 Å². The van der Waals surface area contributed by atoms with Gasteiger partial charge in [-0.05, 0) is 31.0 Å². The van der Waals surface area contributed by atoms with E-state index in [1.54, 1.807) is 6.92 Å². The van der Waals surface area contributed by atoms with Crippen molar-refractivity contribution in [2.75, 3.05) is 0 Å². The molecule has 1 amide bonds. The highest BCUT2D eigenvalue weighted by molar-refractivity contribution is 9.10. The van der Waals surface area contributed by atoms with Crippen LogP contribution in [0.5, 0.6) is 0 Å². The molecular weight excluding hydrogens is 280 g/mol. The lowest BCUT2D eigenvalue weighted by molar-refractivity contribution is -0.132. The Hall–Kier alpha value is -0.970. The second kappa shape index (κ2) is 5.94. The Bertz CT molecular complexity index is 354. The van der Waals surface area contributed by atoms with E-state index in [0.29, 0.717) is 6.42 Å². The Morgan fingerprint density at radius 1 is 1.38 bits per heavy atom. The Labute approximate surface area is 101 Å². The van der Waals surface area contributed by atoms with Gasteiger partial charge in [-0.15, -0.1) is 0 Å². The summed E-state index contributed by atoms with van der Waals surface area (Å²) in [6.45, 7) is 1.70. The number of halogens is 3. The van der Waals surface area contributed by atoms with E-state index in [1.807, 2.05) is 24.3 Å². The highest BCUT2D eigenvalue weighted by Crippen LogP contribution is 2.11. The van der Waals surface area contributed by atoms with Crippen LogP contribution in [0.4, 0.5) is 8.78 Å². The van der Waals surface area contributed by atoms with Gasteiger partial charge in [0.05, 0.1) is 0 Å². The van der Waals surface area contributed by atoms with Gasteiger partial charge in [0.1, 0.15) is 0 Å². The van der Waals surface area contributed by atoms with Crippen molar-refractivity contribution in [3.05, 3.63) is 34.3 Å². The third-order valence-corrected chi connectivity index (χ3v) is 2.57. The zero-order chi connectivity index (χ0) is 12.1. The minimum absolute atomic E-state index is 0.303. The monoisotopic (exact) mass is 291 g/mol. The first-order chi connectivity index (χ1) is 7.49. The van der Waals surface area contributed by atoms with Crippen LogP contribution in [0.15, 0.2) is 28.7 Å². The molecule has 1 rings (SSSR count). The zero-order valence-corrected chi connectivity index (χ0v) is 10.3. The Kier molecular flexibility index (Phi) is 4.86. The number of amides is 1. The molecule has 0 heterocycles. The molecule has 1 aromatic carbocycles. The largest absolute Gasteiger partial charge is 0.348 e. The summed E-state index contributed by atoms with van der Waals surface area (Å²) in [4.78, 5) is 10.7. The van der Waals surface area contributed by atoms with Crippen LogP contribution >= 0.6 is 15.9 Å². The van der Waals surface area contributed by atoms with Crippen molar-refractivity contribution >= 4 is 21.8 Å². The van der Waals surface area contributed by atoms with Crippen LogP contribution in [0.1, 0.15) is 12.5 Å². The molecule has 0 spiro atoms. The first-order valence-corrected chi connectivity index (χ1v) is 5.61. The number of carbonyl (C=O) groups excluding carboxylic acids is 1. The summed E-state index contributed by atoms with van der Waals surface area (Å²) in [5.74, 6) is -1.22. The van der Waals surface area contributed by atoms with Gasteiger partial charge in [0, 0.05) is 10.5 Å². The highest BCUT2D eigenvalue weighted by atomic mass is 79.9. The molecule has 0 saturated heterocycles. The molecule has 1 atom stereocenters. The second-order valence-electron chi connectivity index (χ2n) is 3.54. The molecule has 16 heavy (non-hydrogen) atoms. The van der Waals surface area contributed by atoms with Gasteiger partial charge in [-0.2, -0.15) is 8.78 Å². The maximum atomic E-state index is 12.0. The average Bonchev–Trinajstić information content (AvgIpc) is 2.21. The molecule has 88 valence electrons. The van der Waals surface area contributed by atoms with Crippen LogP contribution in [-0.4, -0.2) is 18.4 Å². The lowest BCUT2D eigenvalue weighted by Gasteiger charge is -2.13. The summed E-state index contributed by atoms with van der Waals surface area (Å²) in [5, 5.41) is 2.24. The predicted octanol–water partition coefficient (Wildman–Crippen LogP) is 2.76. The Balaban J connectivity index is 2.48. The number of carbonyl (C=O) groups is 1. The lowest BCUT2D eigenvalue weighted by atomic mass is 10.1. The van der Waals surface area contributed by atoms with Crippen molar-refractivity contribution in [1.29, 1.82) is 0 Å². The van der Waals surface area contributed by atoms with E-state index < -0.39 is 12.3 Å². The summed E-state index contributed by atoms with van der Waals surface area (Å²) >= 11 is 3.30. The van der Waals surface area contributed by atoms with Crippen LogP contribution in [-0.2, 0) is 11.2 Å². The molecule has 2 nitrogen and oxygen atoms in total. The fourth-order valence-electron chi connectivity index (χ4n) is 1.33. The van der Waals surface area contributed by atoms with Crippen LogP contribution in [0, 0.1) is 0 Å². The molecule has 0 bridgehead atoms. The SMILES string of the molecule is CC(Cc1ccc(Br)cc1)NC(=O)C(F)F. The topological polar surface area (TPSA) is 29.1 Å². The Morgan fingerprint density at radius 3 is 2.44 bits per heavy atom. The number of alkyl halides is 2. The van der Waals surface area contributed by atoms with Crippen molar-refractivity contribution in [3.8, 4) is 0 Å². The lowest BCUT2D eigenvalue weighted by Crippen LogP contribution is -2.37. The summed E-state index contributed by atoms with van der Waals surface area (Å²) in [6.07, 6.45) is -2.42. The minimum Gasteiger partial charge on any atom is -0.348 e. The molecule has 1 N–H and O–H groups in total. The zero-order valence-electron chi connectivity index (χ0n) is 8.71. The third-order valence-electron chi connectivity index (χ3n) is 2.04. The molecule has 0 aliphatic heterocycles. The van der Waals surface area contributed by atoms with Crippen LogP contribution in [0.25, 0.3) is 0 Å². The van der Waals surface area contributed by atoms with E-state index in [0.717, 1.165) is 10.0 Å². The van der Waals surface area contributed by atoms with E-state index >= 15 is 0 Å². The smallest absolute Gasteiger partial charge is 0.315 e. The standard InChI is InChI=1S/C11H12BrF2NO/c1-7(15-11(16)10(13)14)6-8-2-4-9(12)5-3-8/h2-5,7,10H,6H2,1H3,(H,15,16). The van der Waals surface area contributed by atoms with Gasteiger partial charge in [0.25, 0.3) is 5.91 Å². The van der Waals surface area contributed by atoms with Gasteiger partial charge < -0.3 is 5.32 Å². The fraction of sp³-hybridized carbons (Fsp3) is 0.364. The molecule has 1 aromatic rings. The molecule has 1 unspecified atom stereocenters. The maximum absolute atomic E-state index is 12.0. The summed E-state index contributed by atoms with van der Waals surface area (Å²) < 4.78 is 24.9. The molecule has 0 aliphatic rings. The molecular formula is C11H12BrF2NO. The molecule has 0 aromatic heterocycles. The summed E-state index contributed by atoms with van der Waals surface area (Å²) in [5.41, 5.74) is 0.991. The molecule has 5 heteroatoms. The molecule has 0 fully saturated rings. The van der Waals surface area contributed by atoms with E-state index in [9.17, 15) is 13.6 Å². The van der Waals surface area contributed by atoms with Crippen molar-refractivity contribution in [2.24, 2.45) is 0 Å². The number of hydrogen-bond acceptors (Lipinski definition) is 1. The minimum atomic E-state index is -2.95. The van der Waals surface area contributed by atoms with E-state index in [1.165, 1.54) is 0 Å². The third kappa shape index (κ3) is 4.26. The first-order valence-electron chi connectivity index (χ1n) is 4.82. The van der Waals surface area contributed by atoms with Crippen molar-refractivity contribution in [2.45, 2.75) is 25.8 Å². The van der Waals surface area contributed by atoms with Gasteiger partial charge in [-0.25, -0.2) is 0 Å². The second-order valence-corrected chi connectivity index (χ2v) is 4.46. The van der Waals surface area contributed by atoms with Crippen molar-refractivity contribution in [1.82, 2.24) is 5.32 Å². The quantitative estimate of drug-likeness (QED) is 0.908. The summed E-state index contributed by atoms with van der Waals surface area (Å²) in [7, 11) is 0. The van der Waals surface area contributed by atoms with Crippen molar-refractivity contribution in [3.63, 3.8) is 0 Å². The molecule has 0 aliphatic carbocycles. The first kappa shape index (κ1) is 13.1. The number of benzene rings is 1. The van der Waals surface area contributed by atoms with Crippen LogP contribution < -0.4 is 5.32 Å². The molecule has 0 radical (unpaired) electrons. The normalized spacial score (nSPS) is 12.6. The van der Waals surface area contributed by atoms with E-state index in [-0.39, 0.29) is 6.04 Å². The van der Waals surface area contributed by atoms with E-state index in [2.05, 4.69) is 21.2 Å². The highest BCUT2D eigenvalue weighted by Gasteiger charge is 2.17. The summed E-state index contributed by atoms with van der Waals surface area (Å²) in [6, 6.07) is 7.21. The fourth-order valence-corrected chi connectivity index (χ4v) is 1.60. The number of rotatable bonds is 4.